The van der Waals surface area contributed by atoms with E-state index in [9.17, 15) is 19.2 Å². The number of aromatic amines is 2. The number of benzene rings is 2. The number of rotatable bonds is 10. The SMILES string of the molecule is COC(C)=O.COCCn1c2cc(-c3cnc([C@@H]4CCCN4C(=O)[C@H](C)N)[nH]3)ccc2c2ccc(-c3cnc([C@@H]4CCCN4C(=O)[C@H](C)NC(=O)OC)[nH]3)cc21. The molecule has 5 N–H and O–H groups in total. The first kappa shape index (κ1) is 39.9. The van der Waals surface area contributed by atoms with Crippen LogP contribution in [0.3, 0.4) is 0 Å². The van der Waals surface area contributed by atoms with E-state index in [4.69, 9.17) is 20.4 Å². The van der Waals surface area contributed by atoms with Gasteiger partial charge in [-0.3, -0.25) is 14.4 Å². The van der Waals surface area contributed by atoms with Crippen LogP contribution in [0.15, 0.2) is 48.8 Å². The summed E-state index contributed by atoms with van der Waals surface area (Å²) < 4.78 is 16.6. The van der Waals surface area contributed by atoms with Gasteiger partial charge in [0, 0.05) is 66.6 Å². The number of hydrogen-bond donors (Lipinski definition) is 4. The number of esters is 1. The highest BCUT2D eigenvalue weighted by Crippen LogP contribution is 2.37. The zero-order chi connectivity index (χ0) is 40.1. The van der Waals surface area contributed by atoms with Gasteiger partial charge in [-0.15, -0.1) is 0 Å². The number of nitrogens with two attached hydrogens (primary N) is 1. The molecule has 7 rings (SSSR count). The van der Waals surface area contributed by atoms with Crippen LogP contribution in [-0.2, 0) is 35.1 Å². The van der Waals surface area contributed by atoms with Gasteiger partial charge in [-0.25, -0.2) is 14.8 Å². The Bertz CT molecular complexity index is 2210. The molecule has 298 valence electrons. The summed E-state index contributed by atoms with van der Waals surface area (Å²) in [7, 11) is 4.33. The number of nitrogens with one attached hydrogen (secondary N) is 3. The summed E-state index contributed by atoms with van der Waals surface area (Å²) in [5.74, 6) is 1.02. The van der Waals surface area contributed by atoms with E-state index >= 15 is 0 Å². The van der Waals surface area contributed by atoms with Crippen molar-refractivity contribution in [3.8, 4) is 22.5 Å². The second kappa shape index (κ2) is 17.4. The van der Waals surface area contributed by atoms with Crippen LogP contribution in [0.2, 0.25) is 0 Å². The second-order valence-electron chi connectivity index (χ2n) is 14.2. The molecule has 0 spiro atoms. The first-order valence-corrected chi connectivity index (χ1v) is 18.9. The molecule has 0 aliphatic carbocycles. The Kier molecular flexibility index (Phi) is 12.4. The van der Waals surface area contributed by atoms with Gasteiger partial charge in [0.1, 0.15) is 17.7 Å². The Hall–Kier alpha value is -5.74. The fourth-order valence-corrected chi connectivity index (χ4v) is 7.60. The number of H-pyrrole nitrogens is 2. The summed E-state index contributed by atoms with van der Waals surface area (Å²) in [5.41, 5.74) is 11.8. The molecule has 16 nitrogen and oxygen atoms in total. The van der Waals surface area contributed by atoms with Crippen molar-refractivity contribution in [2.45, 2.75) is 77.2 Å². The maximum absolute atomic E-state index is 13.2. The Labute approximate surface area is 325 Å². The number of ether oxygens (including phenoxy) is 3. The summed E-state index contributed by atoms with van der Waals surface area (Å²) in [6.45, 7) is 7.21. The van der Waals surface area contributed by atoms with E-state index in [1.165, 1.54) is 21.1 Å². The molecular formula is C40H51N9O7. The number of carbonyl (C=O) groups is 4. The van der Waals surface area contributed by atoms with Gasteiger partial charge in [-0.05, 0) is 51.7 Å². The zero-order valence-electron chi connectivity index (χ0n) is 32.8. The van der Waals surface area contributed by atoms with Gasteiger partial charge in [-0.2, -0.15) is 0 Å². The molecule has 4 atom stereocenters. The summed E-state index contributed by atoms with van der Waals surface area (Å²) in [6, 6.07) is 11.2. The topological polar surface area (TPSA) is 203 Å². The Balaban J connectivity index is 0.00000100. The van der Waals surface area contributed by atoms with E-state index in [-0.39, 0.29) is 29.9 Å². The van der Waals surface area contributed by atoms with Crippen LogP contribution < -0.4 is 11.1 Å². The number of nitrogens with zero attached hydrogens (tertiary/aromatic N) is 5. The Morgan fingerprint density at radius 1 is 0.821 bits per heavy atom. The van der Waals surface area contributed by atoms with Crippen LogP contribution in [-0.4, -0.2) is 111 Å². The number of alkyl carbamates (subject to hydrolysis) is 1. The van der Waals surface area contributed by atoms with Crippen LogP contribution in [0.5, 0.6) is 0 Å². The van der Waals surface area contributed by atoms with E-state index < -0.39 is 18.2 Å². The van der Waals surface area contributed by atoms with Crippen molar-refractivity contribution in [1.82, 2.24) is 39.6 Å². The molecular weight excluding hydrogens is 718 g/mol. The van der Waals surface area contributed by atoms with Crippen LogP contribution in [0, 0.1) is 0 Å². The fourth-order valence-electron chi connectivity index (χ4n) is 7.60. The highest BCUT2D eigenvalue weighted by atomic mass is 16.5. The number of methoxy groups -OCH3 is 3. The van der Waals surface area contributed by atoms with Crippen molar-refractivity contribution in [3.63, 3.8) is 0 Å². The minimum atomic E-state index is -0.715. The molecule has 2 fully saturated rings. The summed E-state index contributed by atoms with van der Waals surface area (Å²) in [4.78, 5) is 67.3. The lowest BCUT2D eigenvalue weighted by molar-refractivity contribution is -0.138. The van der Waals surface area contributed by atoms with Crippen LogP contribution in [0.1, 0.15) is 70.2 Å². The lowest BCUT2D eigenvalue weighted by atomic mass is 10.1. The lowest BCUT2D eigenvalue weighted by Crippen LogP contribution is -2.46. The molecule has 2 saturated heterocycles. The van der Waals surface area contributed by atoms with Gasteiger partial charge >= 0.3 is 12.1 Å². The highest BCUT2D eigenvalue weighted by molar-refractivity contribution is 6.10. The molecule has 0 bridgehead atoms. The van der Waals surface area contributed by atoms with Gasteiger partial charge in [-0.1, -0.05) is 24.3 Å². The minimum Gasteiger partial charge on any atom is -0.469 e. The van der Waals surface area contributed by atoms with E-state index in [1.54, 1.807) is 25.9 Å². The molecule has 0 unspecified atom stereocenters. The third-order valence-electron chi connectivity index (χ3n) is 10.5. The van der Waals surface area contributed by atoms with Crippen molar-refractivity contribution < 1.29 is 33.4 Å². The van der Waals surface area contributed by atoms with Gasteiger partial charge in [0.15, 0.2) is 0 Å². The molecule has 3 aromatic heterocycles. The van der Waals surface area contributed by atoms with Crippen molar-refractivity contribution in [3.05, 3.63) is 60.4 Å². The maximum Gasteiger partial charge on any atom is 0.407 e. The first-order valence-electron chi connectivity index (χ1n) is 18.9. The van der Waals surface area contributed by atoms with E-state index in [1.807, 2.05) is 17.3 Å². The predicted molar refractivity (Wildman–Crippen MR) is 210 cm³/mol. The number of aromatic nitrogens is 5. The standard InChI is InChI=1S/C37H45N9O5.C3H6O2/c1-21(38)35(47)45-13-5-7-29(45)33-39-19-27(42-33)23-9-11-25-26-12-10-24(18-32(26)44(15-16-50-3)31(25)17-23)28-20-40-34(43-28)30-8-6-14-46(30)36(48)22(2)41-37(49)51-4;1-3(4)5-2/h9-12,17-22,29-30H,5-8,13-16,38H2,1-4H3,(H,39,42)(H,40,43)(H,41,49);1-2H3/t21-,22-,29-,30-;/m0./s1. The zero-order valence-corrected chi connectivity index (χ0v) is 32.8. The average Bonchev–Trinajstić information content (AvgIpc) is 4.05. The van der Waals surface area contributed by atoms with Crippen LogP contribution in [0.25, 0.3) is 44.3 Å². The molecule has 3 amide bonds. The quantitative estimate of drug-likeness (QED) is 0.143. The molecule has 5 aromatic rings. The molecule has 2 aliphatic rings. The number of amides is 3. The lowest BCUT2D eigenvalue weighted by Gasteiger charge is -2.26. The summed E-state index contributed by atoms with van der Waals surface area (Å²) in [6.07, 6.45) is 6.40. The normalized spacial score (nSPS) is 17.8. The van der Waals surface area contributed by atoms with Gasteiger partial charge in [0.25, 0.3) is 0 Å². The van der Waals surface area contributed by atoms with Crippen molar-refractivity contribution >= 4 is 45.7 Å². The summed E-state index contributed by atoms with van der Waals surface area (Å²) >= 11 is 0. The maximum atomic E-state index is 13.2. The largest absolute Gasteiger partial charge is 0.469 e. The van der Waals surface area contributed by atoms with E-state index in [2.05, 4.69) is 65.7 Å². The molecule has 2 aliphatic heterocycles. The number of carbonyl (C=O) groups excluding carboxylic acids is 4. The predicted octanol–water partition coefficient (Wildman–Crippen LogP) is 4.82. The monoisotopic (exact) mass is 769 g/mol. The van der Waals surface area contributed by atoms with Gasteiger partial charge in [0.05, 0.1) is 62.7 Å². The number of imidazole rings is 2. The van der Waals surface area contributed by atoms with Gasteiger partial charge < -0.3 is 49.6 Å². The van der Waals surface area contributed by atoms with Crippen molar-refractivity contribution in [2.24, 2.45) is 5.73 Å². The summed E-state index contributed by atoms with van der Waals surface area (Å²) in [5, 5.41) is 4.82. The molecule has 56 heavy (non-hydrogen) atoms. The van der Waals surface area contributed by atoms with Crippen molar-refractivity contribution in [1.29, 1.82) is 0 Å². The second-order valence-corrected chi connectivity index (χ2v) is 14.2. The first-order chi connectivity index (χ1) is 26.9. The van der Waals surface area contributed by atoms with Crippen LogP contribution in [0.4, 0.5) is 4.79 Å². The molecule has 5 heterocycles. The molecule has 0 saturated carbocycles. The number of likely N-dealkylation sites (tertiary alicyclic amines) is 2. The third-order valence-corrected chi connectivity index (χ3v) is 10.5. The number of fused-ring (bicyclic) bond motifs is 3. The van der Waals surface area contributed by atoms with E-state index in [0.717, 1.165) is 75.8 Å². The van der Waals surface area contributed by atoms with Crippen LogP contribution >= 0.6 is 0 Å². The van der Waals surface area contributed by atoms with E-state index in [0.29, 0.717) is 32.1 Å². The Morgan fingerprint density at radius 2 is 1.32 bits per heavy atom. The third kappa shape index (κ3) is 8.26. The number of hydrogen-bond acceptors (Lipinski definition) is 10. The molecule has 2 aromatic carbocycles. The average molecular weight is 770 g/mol. The molecule has 16 heteroatoms. The van der Waals surface area contributed by atoms with Crippen molar-refractivity contribution in [2.75, 3.05) is 41.0 Å². The van der Waals surface area contributed by atoms with Gasteiger partial charge in [0.2, 0.25) is 11.8 Å². The fraction of sp³-hybridized carbons (Fsp3) is 0.450. The molecule has 0 radical (unpaired) electrons. The smallest absolute Gasteiger partial charge is 0.407 e. The minimum absolute atomic E-state index is 0.0551. The highest BCUT2D eigenvalue weighted by Gasteiger charge is 2.35. The Morgan fingerprint density at radius 3 is 1.77 bits per heavy atom.